The summed E-state index contributed by atoms with van der Waals surface area (Å²) in [5.74, 6) is -0.178. The van der Waals surface area contributed by atoms with E-state index in [-0.39, 0.29) is 5.75 Å². The number of halogens is 1. The average molecular weight is 241 g/mol. The van der Waals surface area contributed by atoms with Gasteiger partial charge in [0, 0.05) is 32.3 Å². The summed E-state index contributed by atoms with van der Waals surface area (Å²) < 4.78 is 18.7. The smallest absolute Gasteiger partial charge is 0.167 e. The molecule has 0 aliphatic heterocycles. The zero-order chi connectivity index (χ0) is 12.8. The van der Waals surface area contributed by atoms with E-state index in [9.17, 15) is 4.39 Å². The molecule has 96 valence electrons. The molecule has 17 heavy (non-hydrogen) atoms. The predicted molar refractivity (Wildman–Crippen MR) is 69.2 cm³/mol. The summed E-state index contributed by atoms with van der Waals surface area (Å²) in [7, 11) is 3.80. The molecular formula is C12H20FN3O. The molecule has 3 N–H and O–H groups in total. The summed E-state index contributed by atoms with van der Waals surface area (Å²) in [6.45, 7) is 3.87. The quantitative estimate of drug-likeness (QED) is 0.740. The third-order valence-electron chi connectivity index (χ3n) is 2.49. The van der Waals surface area contributed by atoms with Crippen molar-refractivity contribution in [1.29, 1.82) is 0 Å². The maximum atomic E-state index is 13.5. The highest BCUT2D eigenvalue weighted by molar-refractivity contribution is 5.69. The lowest BCUT2D eigenvalue weighted by molar-refractivity contribution is 0.322. The first-order valence-electron chi connectivity index (χ1n) is 5.67. The van der Waals surface area contributed by atoms with Crippen molar-refractivity contribution in [2.75, 3.05) is 44.4 Å². The summed E-state index contributed by atoms with van der Waals surface area (Å²) >= 11 is 0. The van der Waals surface area contributed by atoms with Crippen LogP contribution in [0.3, 0.4) is 0 Å². The second-order valence-electron chi connectivity index (χ2n) is 3.80. The molecule has 0 atom stereocenters. The first kappa shape index (κ1) is 13.6. The summed E-state index contributed by atoms with van der Waals surface area (Å²) in [6.07, 6.45) is 0. The Morgan fingerprint density at radius 1 is 1.47 bits per heavy atom. The number of ether oxygens (including phenoxy) is 1. The van der Waals surface area contributed by atoms with E-state index >= 15 is 0 Å². The van der Waals surface area contributed by atoms with Gasteiger partial charge in [0.25, 0.3) is 0 Å². The van der Waals surface area contributed by atoms with Gasteiger partial charge in [-0.05, 0) is 14.0 Å². The number of nitrogens with one attached hydrogen (secondary N) is 1. The largest absolute Gasteiger partial charge is 0.491 e. The van der Waals surface area contributed by atoms with Gasteiger partial charge in [0.1, 0.15) is 0 Å². The normalized spacial score (nSPS) is 10.4. The molecule has 0 amide bonds. The molecule has 0 spiro atoms. The van der Waals surface area contributed by atoms with Crippen molar-refractivity contribution < 1.29 is 9.13 Å². The summed E-state index contributed by atoms with van der Waals surface area (Å²) in [4.78, 5) is 1.97. The third kappa shape index (κ3) is 3.49. The van der Waals surface area contributed by atoms with E-state index in [4.69, 9.17) is 10.5 Å². The molecule has 0 radical (unpaired) electrons. The lowest BCUT2D eigenvalue weighted by atomic mass is 10.2. The van der Waals surface area contributed by atoms with Gasteiger partial charge in [0.05, 0.1) is 18.0 Å². The zero-order valence-corrected chi connectivity index (χ0v) is 10.6. The van der Waals surface area contributed by atoms with Crippen LogP contribution in [0.15, 0.2) is 12.1 Å². The number of hydrogen-bond donors (Lipinski definition) is 2. The molecule has 0 aliphatic rings. The SMILES string of the molecule is CCOc1cc(N(C)CCNC)c(N)cc1F. The molecule has 1 rings (SSSR count). The first-order valence-corrected chi connectivity index (χ1v) is 5.67. The van der Waals surface area contributed by atoms with Crippen molar-refractivity contribution in [3.05, 3.63) is 17.9 Å². The Bertz CT molecular complexity index is 371. The monoisotopic (exact) mass is 241 g/mol. The molecule has 0 saturated carbocycles. The maximum Gasteiger partial charge on any atom is 0.167 e. The highest BCUT2D eigenvalue weighted by atomic mass is 19.1. The predicted octanol–water partition coefficient (Wildman–Crippen LogP) is 1.46. The van der Waals surface area contributed by atoms with Crippen LogP contribution >= 0.6 is 0 Å². The third-order valence-corrected chi connectivity index (χ3v) is 2.49. The van der Waals surface area contributed by atoms with Gasteiger partial charge >= 0.3 is 0 Å². The van der Waals surface area contributed by atoms with Crippen molar-refractivity contribution in [3.63, 3.8) is 0 Å². The van der Waals surface area contributed by atoms with Crippen LogP contribution in [0.1, 0.15) is 6.92 Å². The Morgan fingerprint density at radius 3 is 2.76 bits per heavy atom. The minimum atomic E-state index is -0.421. The lowest BCUT2D eigenvalue weighted by Gasteiger charge is -2.22. The molecule has 0 aliphatic carbocycles. The summed E-state index contributed by atoms with van der Waals surface area (Å²) in [6, 6.07) is 2.94. The van der Waals surface area contributed by atoms with Crippen molar-refractivity contribution in [3.8, 4) is 5.75 Å². The van der Waals surface area contributed by atoms with Crippen LogP contribution in [-0.4, -0.2) is 33.8 Å². The molecule has 1 aromatic carbocycles. The van der Waals surface area contributed by atoms with Crippen LogP contribution in [0.2, 0.25) is 0 Å². The molecule has 5 heteroatoms. The molecule has 0 fully saturated rings. The fourth-order valence-electron chi connectivity index (χ4n) is 1.55. The molecule has 1 aromatic rings. The van der Waals surface area contributed by atoms with Crippen molar-refractivity contribution >= 4 is 11.4 Å². The number of likely N-dealkylation sites (N-methyl/N-ethyl adjacent to an activating group) is 2. The highest BCUT2D eigenvalue weighted by Gasteiger charge is 2.11. The van der Waals surface area contributed by atoms with Crippen LogP contribution in [0.4, 0.5) is 15.8 Å². The number of hydrogen-bond acceptors (Lipinski definition) is 4. The van der Waals surface area contributed by atoms with Crippen LogP contribution in [-0.2, 0) is 0 Å². The van der Waals surface area contributed by atoms with Gasteiger partial charge in [-0.15, -0.1) is 0 Å². The fraction of sp³-hybridized carbons (Fsp3) is 0.500. The van der Waals surface area contributed by atoms with E-state index in [1.54, 1.807) is 6.07 Å². The van der Waals surface area contributed by atoms with E-state index in [1.165, 1.54) is 6.07 Å². The van der Waals surface area contributed by atoms with Gasteiger partial charge in [-0.25, -0.2) is 4.39 Å². The second-order valence-corrected chi connectivity index (χ2v) is 3.80. The van der Waals surface area contributed by atoms with Crippen LogP contribution in [0.25, 0.3) is 0 Å². The Labute approximate surface area is 102 Å². The summed E-state index contributed by atoms with van der Waals surface area (Å²) in [5.41, 5.74) is 7.00. The molecule has 0 aromatic heterocycles. The molecular weight excluding hydrogens is 221 g/mol. The second kappa shape index (κ2) is 6.30. The number of nitrogens with zero attached hydrogens (tertiary/aromatic N) is 1. The lowest BCUT2D eigenvalue weighted by Crippen LogP contribution is -2.27. The van der Waals surface area contributed by atoms with E-state index in [1.807, 2.05) is 25.9 Å². The molecule has 0 bridgehead atoms. The molecule has 4 nitrogen and oxygen atoms in total. The molecule has 0 unspecified atom stereocenters. The van der Waals surface area contributed by atoms with Crippen molar-refractivity contribution in [2.45, 2.75) is 6.92 Å². The number of rotatable bonds is 6. The van der Waals surface area contributed by atoms with Gasteiger partial charge in [-0.2, -0.15) is 0 Å². The van der Waals surface area contributed by atoms with Gasteiger partial charge in [0.15, 0.2) is 11.6 Å². The van der Waals surface area contributed by atoms with E-state index in [2.05, 4.69) is 5.32 Å². The van der Waals surface area contributed by atoms with Crippen molar-refractivity contribution in [2.24, 2.45) is 0 Å². The first-order chi connectivity index (χ1) is 8.10. The Balaban J connectivity index is 2.93. The Morgan fingerprint density at radius 2 is 2.18 bits per heavy atom. The Kier molecular flexibility index (Phi) is 5.03. The van der Waals surface area contributed by atoms with Gasteiger partial charge in [-0.1, -0.05) is 0 Å². The average Bonchev–Trinajstić information content (AvgIpc) is 2.29. The minimum Gasteiger partial charge on any atom is -0.491 e. The number of nitrogen functional groups attached to an aromatic ring is 1. The van der Waals surface area contributed by atoms with E-state index in [0.29, 0.717) is 12.3 Å². The highest BCUT2D eigenvalue weighted by Crippen LogP contribution is 2.30. The summed E-state index contributed by atoms with van der Waals surface area (Å²) in [5, 5.41) is 3.05. The minimum absolute atomic E-state index is 0.244. The Hall–Kier alpha value is -1.49. The van der Waals surface area contributed by atoms with E-state index < -0.39 is 5.82 Å². The molecule has 0 heterocycles. The van der Waals surface area contributed by atoms with Crippen LogP contribution in [0.5, 0.6) is 5.75 Å². The van der Waals surface area contributed by atoms with Gasteiger partial charge in [0.2, 0.25) is 0 Å². The van der Waals surface area contributed by atoms with Crippen LogP contribution in [0, 0.1) is 5.82 Å². The number of nitrogens with two attached hydrogens (primary N) is 1. The maximum absolute atomic E-state index is 13.5. The zero-order valence-electron chi connectivity index (χ0n) is 10.6. The van der Waals surface area contributed by atoms with Gasteiger partial charge in [-0.3, -0.25) is 0 Å². The standard InChI is InChI=1S/C12H20FN3O/c1-4-17-12-8-11(10(14)7-9(12)13)16(3)6-5-15-2/h7-8,15H,4-6,14H2,1-3H3. The van der Waals surface area contributed by atoms with Crippen molar-refractivity contribution in [1.82, 2.24) is 5.32 Å². The molecule has 0 saturated heterocycles. The topological polar surface area (TPSA) is 50.5 Å². The van der Waals surface area contributed by atoms with Gasteiger partial charge < -0.3 is 20.7 Å². The van der Waals surface area contributed by atoms with Crippen LogP contribution < -0.4 is 20.7 Å². The number of benzene rings is 1. The number of anilines is 2. The van der Waals surface area contributed by atoms with E-state index in [0.717, 1.165) is 18.8 Å². The fourth-order valence-corrected chi connectivity index (χ4v) is 1.55.